The molecule has 0 saturated heterocycles. The van der Waals surface area contributed by atoms with Crippen molar-refractivity contribution in [3.05, 3.63) is 29.0 Å². The SMILES string of the molecule is CC(C)(NS(=O)(=O)c1ccc(F)cc1Cl)C(=O)NC1C2CC3CC4(O)CC1CC34C2. The molecule has 4 aliphatic rings. The summed E-state index contributed by atoms with van der Waals surface area (Å²) in [5.74, 6) is 0.0438. The van der Waals surface area contributed by atoms with E-state index in [2.05, 4.69) is 10.0 Å². The minimum absolute atomic E-state index is 0.0526. The molecule has 4 fully saturated rings. The lowest BCUT2D eigenvalue weighted by atomic mass is 9.53. The summed E-state index contributed by atoms with van der Waals surface area (Å²) < 4.78 is 41.3. The van der Waals surface area contributed by atoms with Crippen molar-refractivity contribution in [1.29, 1.82) is 0 Å². The van der Waals surface area contributed by atoms with Gasteiger partial charge in [0, 0.05) is 11.5 Å². The molecule has 6 nitrogen and oxygen atoms in total. The van der Waals surface area contributed by atoms with E-state index < -0.39 is 32.9 Å². The van der Waals surface area contributed by atoms with Gasteiger partial charge in [-0.1, -0.05) is 11.6 Å². The standard InChI is InChI=1S/C21H26ClFN2O4S/c1-19(2,25-30(28,29)16-4-3-14(23)6-15(16)22)18(26)24-17-11-5-13-10-21(27)9-12(17)8-20(13,21)7-11/h3-4,6,11-13,17,25,27H,5,7-10H2,1-2H3,(H,24,26). The van der Waals surface area contributed by atoms with Gasteiger partial charge >= 0.3 is 0 Å². The highest BCUT2D eigenvalue weighted by Gasteiger charge is 2.76. The number of aliphatic hydroxyl groups is 1. The summed E-state index contributed by atoms with van der Waals surface area (Å²) in [5, 5.41) is 13.9. The van der Waals surface area contributed by atoms with E-state index in [0.29, 0.717) is 18.3 Å². The number of amides is 1. The fourth-order valence-corrected chi connectivity index (χ4v) is 8.86. The maximum atomic E-state index is 13.3. The van der Waals surface area contributed by atoms with Crippen LogP contribution in [0.4, 0.5) is 4.39 Å². The van der Waals surface area contributed by atoms with Crippen molar-refractivity contribution in [1.82, 2.24) is 10.0 Å². The van der Waals surface area contributed by atoms with Gasteiger partial charge in [-0.15, -0.1) is 0 Å². The van der Waals surface area contributed by atoms with Crippen LogP contribution in [0.15, 0.2) is 23.1 Å². The van der Waals surface area contributed by atoms with Crippen molar-refractivity contribution in [2.75, 3.05) is 0 Å². The maximum Gasteiger partial charge on any atom is 0.243 e. The molecule has 6 atom stereocenters. The zero-order valence-electron chi connectivity index (χ0n) is 16.9. The zero-order valence-corrected chi connectivity index (χ0v) is 18.5. The first-order chi connectivity index (χ1) is 13.9. The molecular formula is C21H26ClFN2O4S. The van der Waals surface area contributed by atoms with E-state index in [1.165, 1.54) is 13.8 Å². The second-order valence-electron chi connectivity index (χ2n) is 10.3. The molecular weight excluding hydrogens is 431 g/mol. The number of hydrogen-bond donors (Lipinski definition) is 3. The van der Waals surface area contributed by atoms with Gasteiger partial charge in [-0.3, -0.25) is 4.79 Å². The van der Waals surface area contributed by atoms with E-state index in [9.17, 15) is 22.7 Å². The molecule has 1 spiro atoms. The molecule has 1 aromatic rings. The summed E-state index contributed by atoms with van der Waals surface area (Å²) in [4.78, 5) is 12.8. The summed E-state index contributed by atoms with van der Waals surface area (Å²) in [6.45, 7) is 3.00. The Balaban J connectivity index is 1.33. The van der Waals surface area contributed by atoms with Gasteiger partial charge in [0.05, 0.1) is 10.6 Å². The van der Waals surface area contributed by atoms with Crippen LogP contribution in [0.5, 0.6) is 0 Å². The number of carbonyl (C=O) groups excluding carboxylic acids is 1. The Morgan fingerprint density at radius 2 is 1.93 bits per heavy atom. The van der Waals surface area contributed by atoms with Gasteiger partial charge in [0.2, 0.25) is 15.9 Å². The van der Waals surface area contributed by atoms with E-state index in [4.69, 9.17) is 11.6 Å². The van der Waals surface area contributed by atoms with Crippen LogP contribution >= 0.6 is 11.6 Å². The van der Waals surface area contributed by atoms with E-state index in [0.717, 1.165) is 43.9 Å². The molecule has 5 rings (SSSR count). The lowest BCUT2D eigenvalue weighted by Crippen LogP contribution is -2.59. The Morgan fingerprint density at radius 3 is 2.63 bits per heavy atom. The average Bonchev–Trinajstić information content (AvgIpc) is 2.97. The van der Waals surface area contributed by atoms with Crippen molar-refractivity contribution in [2.45, 2.75) is 68.0 Å². The molecule has 4 saturated carbocycles. The number of benzene rings is 1. The Labute approximate surface area is 180 Å². The van der Waals surface area contributed by atoms with Crippen LogP contribution in [0.3, 0.4) is 0 Å². The first-order valence-electron chi connectivity index (χ1n) is 10.4. The highest BCUT2D eigenvalue weighted by atomic mass is 35.5. The molecule has 0 aromatic heterocycles. The molecule has 0 aliphatic heterocycles. The lowest BCUT2D eigenvalue weighted by molar-refractivity contribution is -0.176. The van der Waals surface area contributed by atoms with Gasteiger partial charge < -0.3 is 10.4 Å². The summed E-state index contributed by atoms with van der Waals surface area (Å²) in [6, 6.07) is 2.97. The number of rotatable bonds is 5. The minimum atomic E-state index is -4.13. The number of fused-ring (bicyclic) bond motifs is 2. The van der Waals surface area contributed by atoms with Crippen molar-refractivity contribution in [2.24, 2.45) is 23.2 Å². The fourth-order valence-electron chi connectivity index (χ4n) is 6.95. The monoisotopic (exact) mass is 456 g/mol. The smallest absolute Gasteiger partial charge is 0.243 e. The molecule has 0 radical (unpaired) electrons. The molecule has 1 aromatic carbocycles. The maximum absolute atomic E-state index is 13.3. The number of hydrogen-bond acceptors (Lipinski definition) is 4. The van der Waals surface area contributed by atoms with Crippen LogP contribution in [-0.4, -0.2) is 36.6 Å². The van der Waals surface area contributed by atoms with E-state index in [1.807, 2.05) is 0 Å². The summed E-state index contributed by atoms with van der Waals surface area (Å²) in [6.07, 6.45) is 4.48. The van der Waals surface area contributed by atoms with E-state index in [1.54, 1.807) is 0 Å². The summed E-state index contributed by atoms with van der Waals surface area (Å²) >= 11 is 5.91. The predicted octanol–water partition coefficient (Wildman–Crippen LogP) is 2.59. The fraction of sp³-hybridized carbons (Fsp3) is 0.667. The second-order valence-corrected chi connectivity index (χ2v) is 12.3. The normalized spacial score (nSPS) is 39.0. The topological polar surface area (TPSA) is 95.5 Å². The van der Waals surface area contributed by atoms with Crippen molar-refractivity contribution in [3.8, 4) is 0 Å². The van der Waals surface area contributed by atoms with Crippen LogP contribution in [0.1, 0.15) is 46.0 Å². The second kappa shape index (κ2) is 6.18. The zero-order chi connectivity index (χ0) is 21.7. The number of carbonyl (C=O) groups is 1. The van der Waals surface area contributed by atoms with Gasteiger partial charge in [0.25, 0.3) is 0 Å². The predicted molar refractivity (Wildman–Crippen MR) is 109 cm³/mol. The highest BCUT2D eigenvalue weighted by Crippen LogP contribution is 2.77. The van der Waals surface area contributed by atoms with Crippen molar-refractivity contribution in [3.63, 3.8) is 0 Å². The largest absolute Gasteiger partial charge is 0.389 e. The number of halogens is 2. The van der Waals surface area contributed by atoms with Gasteiger partial charge in [0.1, 0.15) is 16.3 Å². The minimum Gasteiger partial charge on any atom is -0.389 e. The lowest BCUT2D eigenvalue weighted by Gasteiger charge is -2.55. The van der Waals surface area contributed by atoms with Crippen LogP contribution in [0.25, 0.3) is 0 Å². The molecule has 3 bridgehead atoms. The van der Waals surface area contributed by atoms with Crippen LogP contribution in [0, 0.1) is 29.0 Å². The third-order valence-electron chi connectivity index (χ3n) is 8.19. The van der Waals surface area contributed by atoms with Gasteiger partial charge in [-0.05, 0) is 81.9 Å². The Hall–Kier alpha value is -1.22. The molecule has 1 amide bonds. The highest BCUT2D eigenvalue weighted by molar-refractivity contribution is 7.89. The molecule has 0 heterocycles. The van der Waals surface area contributed by atoms with Crippen LogP contribution in [0.2, 0.25) is 5.02 Å². The quantitative estimate of drug-likeness (QED) is 0.634. The summed E-state index contributed by atoms with van der Waals surface area (Å²) in [5.41, 5.74) is -1.95. The van der Waals surface area contributed by atoms with Crippen molar-refractivity contribution >= 4 is 27.5 Å². The first kappa shape index (κ1) is 20.7. The van der Waals surface area contributed by atoms with E-state index in [-0.39, 0.29) is 27.3 Å². The van der Waals surface area contributed by atoms with Gasteiger partial charge in [-0.2, -0.15) is 4.72 Å². The molecule has 4 aliphatic carbocycles. The molecule has 30 heavy (non-hydrogen) atoms. The number of nitrogens with one attached hydrogen (secondary N) is 2. The Morgan fingerprint density at radius 1 is 1.23 bits per heavy atom. The summed E-state index contributed by atoms with van der Waals surface area (Å²) in [7, 11) is -4.13. The Bertz CT molecular complexity index is 1040. The molecule has 9 heteroatoms. The van der Waals surface area contributed by atoms with Crippen LogP contribution in [-0.2, 0) is 14.8 Å². The first-order valence-corrected chi connectivity index (χ1v) is 12.3. The molecule has 164 valence electrons. The van der Waals surface area contributed by atoms with Crippen LogP contribution < -0.4 is 10.0 Å². The van der Waals surface area contributed by atoms with Crippen molar-refractivity contribution < 1.29 is 22.7 Å². The number of sulfonamides is 1. The van der Waals surface area contributed by atoms with E-state index >= 15 is 0 Å². The average molecular weight is 457 g/mol. The molecule has 3 N–H and O–H groups in total. The Kier molecular flexibility index (Phi) is 4.26. The third-order valence-corrected chi connectivity index (χ3v) is 10.3. The van der Waals surface area contributed by atoms with Gasteiger partial charge in [-0.25, -0.2) is 12.8 Å². The molecule has 6 unspecified atom stereocenters. The van der Waals surface area contributed by atoms with Gasteiger partial charge in [0.15, 0.2) is 0 Å². The third kappa shape index (κ3) is 2.73.